The number of carbonyl (C=O) groups excluding carboxylic acids is 2. The number of hydrogen-bond donors (Lipinski definition) is 4. The number of allylic oxidation sites excluding steroid dienone is 2. The molecule has 9 nitrogen and oxygen atoms in total. The molecule has 1 fully saturated rings. The predicted octanol–water partition coefficient (Wildman–Crippen LogP) is 4.19. The second-order valence-electron chi connectivity index (χ2n) is 9.67. The van der Waals surface area contributed by atoms with Gasteiger partial charge in [-0.15, -0.1) is 0 Å². The first-order chi connectivity index (χ1) is 18.4. The molecule has 1 aromatic heterocycles. The van der Waals surface area contributed by atoms with Crippen molar-refractivity contribution in [3.05, 3.63) is 42.2 Å². The van der Waals surface area contributed by atoms with Crippen molar-refractivity contribution in [1.29, 1.82) is 0 Å². The number of nitrogens with zero attached hydrogens (tertiary/aromatic N) is 1. The summed E-state index contributed by atoms with van der Waals surface area (Å²) in [6.07, 6.45) is 18.8. The number of aromatic nitrogens is 1. The van der Waals surface area contributed by atoms with Crippen LogP contribution in [0, 0.1) is 0 Å². The van der Waals surface area contributed by atoms with Gasteiger partial charge in [-0.3, -0.25) is 14.6 Å². The molecule has 1 aromatic rings. The van der Waals surface area contributed by atoms with E-state index in [0.29, 0.717) is 12.0 Å². The molecule has 1 aliphatic heterocycles. The van der Waals surface area contributed by atoms with E-state index in [4.69, 9.17) is 15.2 Å². The Kier molecular flexibility index (Phi) is 19.1. The van der Waals surface area contributed by atoms with Gasteiger partial charge in [-0.2, -0.15) is 0 Å². The molecule has 2 rings (SSSR count). The van der Waals surface area contributed by atoms with Crippen LogP contribution in [-0.4, -0.2) is 63.4 Å². The minimum absolute atomic E-state index is 0.154. The smallest absolute Gasteiger partial charge is 0.305 e. The average Bonchev–Trinajstić information content (AvgIpc) is 3.17. The Bertz CT molecular complexity index is 775. The van der Waals surface area contributed by atoms with Crippen molar-refractivity contribution in [2.75, 3.05) is 6.61 Å². The Labute approximate surface area is 227 Å². The van der Waals surface area contributed by atoms with Gasteiger partial charge >= 0.3 is 5.97 Å². The maximum atomic E-state index is 11.7. The number of aliphatic hydroxyl groups excluding tert-OH is 3. The third-order valence-electron chi connectivity index (χ3n) is 6.33. The second-order valence-corrected chi connectivity index (χ2v) is 9.67. The Morgan fingerprint density at radius 1 is 0.947 bits per heavy atom. The van der Waals surface area contributed by atoms with Crippen molar-refractivity contribution < 1.29 is 34.4 Å². The van der Waals surface area contributed by atoms with Crippen molar-refractivity contribution in [2.24, 2.45) is 5.73 Å². The molecule has 0 bridgehead atoms. The van der Waals surface area contributed by atoms with Crippen LogP contribution >= 0.6 is 0 Å². The van der Waals surface area contributed by atoms with Gasteiger partial charge in [0.05, 0.1) is 5.56 Å². The summed E-state index contributed by atoms with van der Waals surface area (Å²) in [5, 5.41) is 28.3. The minimum atomic E-state index is -1.43. The summed E-state index contributed by atoms with van der Waals surface area (Å²) < 4.78 is 10.00. The molecule has 1 unspecified atom stereocenters. The van der Waals surface area contributed by atoms with E-state index in [2.05, 4.69) is 24.1 Å². The Morgan fingerprint density at radius 3 is 2.05 bits per heavy atom. The standard InChI is InChI=1S/C23H42O6.C6H6N2O/c1-2-3-4-5-6-7-8-9-10-11-12-13-14-15-16-17-20(24)28-18-19-21(25)22(26)23(27)29-19;7-6(9)5-2-1-3-8-4-5/h9-10,19,21-23,25-27H,2-8,11-18H2,1H3;1-4H,(H2,7,9)/b10-9-;/t19-,21-,22-,23?;/m1./s1. The molecule has 38 heavy (non-hydrogen) atoms. The third-order valence-corrected chi connectivity index (χ3v) is 6.33. The van der Waals surface area contributed by atoms with Gasteiger partial charge in [0.15, 0.2) is 6.29 Å². The number of pyridine rings is 1. The molecule has 1 amide bonds. The van der Waals surface area contributed by atoms with E-state index in [1.54, 1.807) is 18.3 Å². The maximum absolute atomic E-state index is 11.7. The number of unbranched alkanes of at least 4 members (excludes halogenated alkanes) is 11. The molecule has 4 atom stereocenters. The largest absolute Gasteiger partial charge is 0.463 e. The molecule has 9 heteroatoms. The van der Waals surface area contributed by atoms with Crippen molar-refractivity contribution in [3.63, 3.8) is 0 Å². The maximum Gasteiger partial charge on any atom is 0.305 e. The summed E-state index contributed by atoms with van der Waals surface area (Å²) in [6, 6.07) is 3.29. The predicted molar refractivity (Wildman–Crippen MR) is 146 cm³/mol. The van der Waals surface area contributed by atoms with Crippen molar-refractivity contribution in [3.8, 4) is 0 Å². The van der Waals surface area contributed by atoms with Gasteiger partial charge < -0.3 is 30.5 Å². The van der Waals surface area contributed by atoms with E-state index in [-0.39, 0.29) is 12.6 Å². The van der Waals surface area contributed by atoms with Gasteiger partial charge in [-0.1, -0.05) is 70.4 Å². The van der Waals surface area contributed by atoms with Crippen LogP contribution in [0.15, 0.2) is 36.7 Å². The highest BCUT2D eigenvalue weighted by molar-refractivity contribution is 5.92. The highest BCUT2D eigenvalue weighted by Gasteiger charge is 2.42. The number of rotatable bonds is 18. The fourth-order valence-electron chi connectivity index (χ4n) is 3.96. The van der Waals surface area contributed by atoms with E-state index in [0.717, 1.165) is 25.7 Å². The first-order valence-electron chi connectivity index (χ1n) is 14.1. The van der Waals surface area contributed by atoms with Crippen LogP contribution in [0.1, 0.15) is 107 Å². The summed E-state index contributed by atoms with van der Waals surface area (Å²) in [4.78, 5) is 25.8. The average molecular weight is 537 g/mol. The lowest BCUT2D eigenvalue weighted by Gasteiger charge is -2.14. The summed E-state index contributed by atoms with van der Waals surface area (Å²) in [6.45, 7) is 2.09. The van der Waals surface area contributed by atoms with Gasteiger partial charge in [0.1, 0.15) is 24.9 Å². The van der Waals surface area contributed by atoms with Gasteiger partial charge in [0.25, 0.3) is 0 Å². The van der Waals surface area contributed by atoms with E-state index < -0.39 is 30.5 Å². The molecule has 0 radical (unpaired) electrons. The first-order valence-corrected chi connectivity index (χ1v) is 14.1. The molecular weight excluding hydrogens is 488 g/mol. The third kappa shape index (κ3) is 15.8. The molecule has 0 aliphatic carbocycles. The Morgan fingerprint density at radius 2 is 1.55 bits per heavy atom. The highest BCUT2D eigenvalue weighted by atomic mass is 16.7. The first kappa shape index (κ1) is 33.7. The quantitative estimate of drug-likeness (QED) is 0.124. The van der Waals surface area contributed by atoms with Gasteiger partial charge in [-0.25, -0.2) is 0 Å². The molecule has 5 N–H and O–H groups in total. The SMILES string of the molecule is CCCCCCCC/C=C\CCCCCCCC(=O)OC[C@H]1OC(O)[C@H](O)[C@@H]1O.NC(=O)c1cccnc1. The molecule has 1 saturated heterocycles. The zero-order valence-electron chi connectivity index (χ0n) is 22.9. The van der Waals surface area contributed by atoms with Gasteiger partial charge in [0, 0.05) is 18.8 Å². The molecule has 2 heterocycles. The Balaban J connectivity index is 0.000000671. The van der Waals surface area contributed by atoms with Crippen LogP contribution in [0.2, 0.25) is 0 Å². The van der Waals surface area contributed by atoms with Crippen LogP contribution in [0.4, 0.5) is 0 Å². The van der Waals surface area contributed by atoms with E-state index in [1.807, 2.05) is 0 Å². The van der Waals surface area contributed by atoms with Crippen LogP contribution in [-0.2, 0) is 14.3 Å². The van der Waals surface area contributed by atoms with Crippen molar-refractivity contribution >= 4 is 11.9 Å². The lowest BCUT2D eigenvalue weighted by Crippen LogP contribution is -2.34. The summed E-state index contributed by atoms with van der Waals surface area (Å²) in [5.41, 5.74) is 5.38. The van der Waals surface area contributed by atoms with E-state index in [9.17, 15) is 24.9 Å². The summed E-state index contributed by atoms with van der Waals surface area (Å²) in [7, 11) is 0. The fraction of sp³-hybridized carbons (Fsp3) is 0.690. The lowest BCUT2D eigenvalue weighted by molar-refractivity contribution is -0.157. The number of amides is 1. The normalized spacial score (nSPS) is 20.7. The molecule has 0 aromatic carbocycles. The molecular formula is C29H48N2O7. The number of ether oxygens (including phenoxy) is 2. The van der Waals surface area contributed by atoms with Crippen LogP contribution in [0.25, 0.3) is 0 Å². The number of esters is 1. The fourth-order valence-corrected chi connectivity index (χ4v) is 3.96. The van der Waals surface area contributed by atoms with Gasteiger partial charge in [-0.05, 0) is 44.2 Å². The van der Waals surface area contributed by atoms with E-state index >= 15 is 0 Å². The van der Waals surface area contributed by atoms with E-state index in [1.165, 1.54) is 64.0 Å². The van der Waals surface area contributed by atoms with Gasteiger partial charge in [0.2, 0.25) is 5.91 Å². The number of aliphatic hydroxyl groups is 3. The monoisotopic (exact) mass is 536 g/mol. The highest BCUT2D eigenvalue weighted by Crippen LogP contribution is 2.20. The molecule has 1 aliphatic rings. The topological polar surface area (TPSA) is 152 Å². The number of nitrogens with two attached hydrogens (primary N) is 1. The summed E-state index contributed by atoms with van der Waals surface area (Å²) in [5.74, 6) is -0.780. The van der Waals surface area contributed by atoms with Crippen LogP contribution in [0.3, 0.4) is 0 Å². The number of primary amides is 1. The molecule has 0 spiro atoms. The van der Waals surface area contributed by atoms with Crippen LogP contribution in [0.5, 0.6) is 0 Å². The Hall–Kier alpha value is -2.33. The minimum Gasteiger partial charge on any atom is -0.463 e. The molecule has 0 saturated carbocycles. The zero-order valence-corrected chi connectivity index (χ0v) is 22.9. The molecule has 216 valence electrons. The number of hydrogen-bond acceptors (Lipinski definition) is 8. The van der Waals surface area contributed by atoms with Crippen LogP contribution < -0.4 is 5.73 Å². The van der Waals surface area contributed by atoms with Crippen molar-refractivity contribution in [1.82, 2.24) is 4.98 Å². The number of carbonyl (C=O) groups is 2. The lowest BCUT2D eigenvalue weighted by atomic mass is 10.1. The van der Waals surface area contributed by atoms with Crippen molar-refractivity contribution in [2.45, 2.75) is 121 Å². The zero-order chi connectivity index (χ0) is 28.0. The second kappa shape index (κ2) is 21.6. The summed E-state index contributed by atoms with van der Waals surface area (Å²) >= 11 is 0.